The molecule has 2 heterocycles. The number of thiazole rings is 1. The van der Waals surface area contributed by atoms with Gasteiger partial charge in [0.2, 0.25) is 0 Å². The molecule has 1 aliphatic heterocycles. The van der Waals surface area contributed by atoms with E-state index in [9.17, 15) is 9.90 Å². The van der Waals surface area contributed by atoms with Gasteiger partial charge in [0.05, 0.1) is 18.0 Å². The highest BCUT2D eigenvalue weighted by molar-refractivity contribution is 7.13. The van der Waals surface area contributed by atoms with Gasteiger partial charge in [-0.2, -0.15) is 0 Å². The topological polar surface area (TPSA) is 62.7 Å². The molecule has 1 aromatic heterocycles. The van der Waals surface area contributed by atoms with Gasteiger partial charge in [-0.25, -0.2) is 4.98 Å². The largest absolute Gasteiger partial charge is 0.506 e. The SMILES string of the molecule is COCc1nc(C)c(C(=O)N2CCCc3cccc(O)c32)s1. The summed E-state index contributed by atoms with van der Waals surface area (Å²) in [5.41, 5.74) is 2.36. The molecule has 0 atom stereocenters. The molecule has 0 spiro atoms. The van der Waals surface area contributed by atoms with E-state index < -0.39 is 0 Å². The molecule has 1 amide bonds. The summed E-state index contributed by atoms with van der Waals surface area (Å²) in [4.78, 5) is 19.6. The number of benzene rings is 1. The predicted molar refractivity (Wildman–Crippen MR) is 85.7 cm³/mol. The molecule has 0 radical (unpaired) electrons. The number of aromatic hydroxyl groups is 1. The van der Waals surface area contributed by atoms with Gasteiger partial charge in [0.1, 0.15) is 15.6 Å². The number of nitrogens with zero attached hydrogens (tertiary/aromatic N) is 2. The van der Waals surface area contributed by atoms with Crippen LogP contribution in [0.1, 0.15) is 32.4 Å². The minimum Gasteiger partial charge on any atom is -0.506 e. The molecular weight excluding hydrogens is 300 g/mol. The fourth-order valence-corrected chi connectivity index (χ4v) is 3.78. The number of para-hydroxylation sites is 1. The highest BCUT2D eigenvalue weighted by Gasteiger charge is 2.28. The van der Waals surface area contributed by atoms with E-state index in [4.69, 9.17) is 4.74 Å². The van der Waals surface area contributed by atoms with E-state index in [0.29, 0.717) is 29.4 Å². The molecular formula is C16H18N2O3S. The summed E-state index contributed by atoms with van der Waals surface area (Å²) >= 11 is 1.36. The fraction of sp³-hybridized carbons (Fsp3) is 0.375. The number of hydrogen-bond acceptors (Lipinski definition) is 5. The van der Waals surface area contributed by atoms with Gasteiger partial charge < -0.3 is 14.7 Å². The van der Waals surface area contributed by atoms with Crippen molar-refractivity contribution in [1.82, 2.24) is 4.98 Å². The van der Waals surface area contributed by atoms with Crippen LogP contribution in [0.15, 0.2) is 18.2 Å². The second-order valence-electron chi connectivity index (χ2n) is 5.30. The second-order valence-corrected chi connectivity index (χ2v) is 6.38. The van der Waals surface area contributed by atoms with Crippen LogP contribution in [0.25, 0.3) is 0 Å². The van der Waals surface area contributed by atoms with Gasteiger partial charge in [0.15, 0.2) is 0 Å². The summed E-state index contributed by atoms with van der Waals surface area (Å²) in [5.74, 6) is 0.0598. The maximum Gasteiger partial charge on any atom is 0.270 e. The molecule has 2 aromatic rings. The molecule has 0 bridgehead atoms. The minimum atomic E-state index is -0.0974. The number of ether oxygens (including phenoxy) is 1. The second kappa shape index (κ2) is 6.06. The molecule has 6 heteroatoms. The molecule has 5 nitrogen and oxygen atoms in total. The number of hydrogen-bond donors (Lipinski definition) is 1. The Hall–Kier alpha value is -1.92. The number of amides is 1. The van der Waals surface area contributed by atoms with Gasteiger partial charge >= 0.3 is 0 Å². The first-order valence-corrected chi connectivity index (χ1v) is 8.01. The predicted octanol–water partition coefficient (Wildman–Crippen LogP) is 2.90. The summed E-state index contributed by atoms with van der Waals surface area (Å²) in [7, 11) is 1.61. The van der Waals surface area contributed by atoms with Gasteiger partial charge in [-0.05, 0) is 31.4 Å². The Bertz CT molecular complexity index is 711. The summed E-state index contributed by atoms with van der Waals surface area (Å²) in [6, 6.07) is 5.40. The zero-order valence-corrected chi connectivity index (χ0v) is 13.4. The smallest absolute Gasteiger partial charge is 0.270 e. The normalized spacial score (nSPS) is 14.0. The average Bonchev–Trinajstić information content (AvgIpc) is 2.87. The maximum absolute atomic E-state index is 12.9. The van der Waals surface area contributed by atoms with Gasteiger partial charge in [0.25, 0.3) is 5.91 Å². The van der Waals surface area contributed by atoms with Crippen molar-refractivity contribution in [2.75, 3.05) is 18.6 Å². The number of carbonyl (C=O) groups is 1. The van der Waals surface area contributed by atoms with E-state index in [0.717, 1.165) is 23.4 Å². The Morgan fingerprint density at radius 3 is 3.09 bits per heavy atom. The lowest BCUT2D eigenvalue weighted by Gasteiger charge is -2.29. The van der Waals surface area contributed by atoms with Crippen molar-refractivity contribution in [2.24, 2.45) is 0 Å². The molecule has 0 saturated carbocycles. The third kappa shape index (κ3) is 2.60. The van der Waals surface area contributed by atoms with Crippen molar-refractivity contribution in [2.45, 2.75) is 26.4 Å². The van der Waals surface area contributed by atoms with E-state index in [1.54, 1.807) is 18.1 Å². The number of rotatable bonds is 3. The Morgan fingerprint density at radius 1 is 1.50 bits per heavy atom. The van der Waals surface area contributed by atoms with E-state index in [2.05, 4.69) is 4.98 Å². The standard InChI is InChI=1S/C16H18N2O3S/c1-10-15(22-13(17-10)9-21-2)16(20)18-8-4-6-11-5-3-7-12(19)14(11)18/h3,5,7,19H,4,6,8-9H2,1-2H3. The molecule has 116 valence electrons. The number of aromatic nitrogens is 1. The van der Waals surface area contributed by atoms with Crippen LogP contribution < -0.4 is 4.90 Å². The lowest BCUT2D eigenvalue weighted by Crippen LogP contribution is -2.35. The third-order valence-corrected chi connectivity index (χ3v) is 4.86. The van der Waals surface area contributed by atoms with Crippen molar-refractivity contribution in [3.8, 4) is 5.75 Å². The van der Waals surface area contributed by atoms with E-state index in [-0.39, 0.29) is 11.7 Å². The Kier molecular flexibility index (Phi) is 4.13. The molecule has 22 heavy (non-hydrogen) atoms. The third-order valence-electron chi connectivity index (χ3n) is 3.74. The van der Waals surface area contributed by atoms with Crippen LogP contribution in [0, 0.1) is 6.92 Å². The lowest BCUT2D eigenvalue weighted by atomic mass is 10.0. The Labute approximate surface area is 133 Å². The van der Waals surface area contributed by atoms with Crippen LogP contribution >= 0.6 is 11.3 Å². The van der Waals surface area contributed by atoms with Gasteiger partial charge in [0, 0.05) is 13.7 Å². The summed E-state index contributed by atoms with van der Waals surface area (Å²) in [6.07, 6.45) is 1.77. The number of fused-ring (bicyclic) bond motifs is 1. The van der Waals surface area contributed by atoms with E-state index in [1.807, 2.05) is 19.1 Å². The van der Waals surface area contributed by atoms with Crippen molar-refractivity contribution < 1.29 is 14.6 Å². The van der Waals surface area contributed by atoms with Gasteiger partial charge in [-0.3, -0.25) is 4.79 Å². The molecule has 1 aliphatic rings. The Balaban J connectivity index is 1.97. The minimum absolute atomic E-state index is 0.0974. The quantitative estimate of drug-likeness (QED) is 0.945. The zero-order valence-electron chi connectivity index (χ0n) is 12.6. The molecule has 0 saturated heterocycles. The summed E-state index contributed by atoms with van der Waals surface area (Å²) < 4.78 is 5.08. The number of anilines is 1. The van der Waals surface area contributed by atoms with Crippen molar-refractivity contribution >= 4 is 22.9 Å². The zero-order chi connectivity index (χ0) is 15.7. The van der Waals surface area contributed by atoms with Crippen LogP contribution in [-0.4, -0.2) is 29.7 Å². The molecule has 1 aromatic carbocycles. The first-order valence-electron chi connectivity index (χ1n) is 7.19. The number of phenolic OH excluding ortho intramolecular Hbond substituents is 1. The first kappa shape index (κ1) is 15.0. The highest BCUT2D eigenvalue weighted by atomic mass is 32.1. The highest BCUT2D eigenvalue weighted by Crippen LogP contribution is 2.37. The molecule has 1 N–H and O–H groups in total. The van der Waals surface area contributed by atoms with Crippen LogP contribution in [0.5, 0.6) is 5.75 Å². The van der Waals surface area contributed by atoms with E-state index in [1.165, 1.54) is 11.3 Å². The lowest BCUT2D eigenvalue weighted by molar-refractivity contribution is 0.0987. The van der Waals surface area contributed by atoms with E-state index >= 15 is 0 Å². The van der Waals surface area contributed by atoms with Crippen molar-refractivity contribution in [3.63, 3.8) is 0 Å². The van der Waals surface area contributed by atoms with Crippen LogP contribution in [0.4, 0.5) is 5.69 Å². The number of methoxy groups -OCH3 is 1. The Morgan fingerprint density at radius 2 is 2.32 bits per heavy atom. The molecule has 0 unspecified atom stereocenters. The number of aryl methyl sites for hydroxylation is 2. The summed E-state index contributed by atoms with van der Waals surface area (Å²) in [5, 5.41) is 10.9. The first-order chi connectivity index (χ1) is 10.6. The van der Waals surface area contributed by atoms with Crippen LogP contribution in [-0.2, 0) is 17.8 Å². The van der Waals surface area contributed by atoms with Crippen LogP contribution in [0.3, 0.4) is 0 Å². The molecule has 0 aliphatic carbocycles. The summed E-state index contributed by atoms with van der Waals surface area (Å²) in [6.45, 7) is 2.85. The fourth-order valence-electron chi connectivity index (χ4n) is 2.79. The monoisotopic (exact) mass is 318 g/mol. The molecule has 0 fully saturated rings. The van der Waals surface area contributed by atoms with Gasteiger partial charge in [-0.15, -0.1) is 11.3 Å². The average molecular weight is 318 g/mol. The van der Waals surface area contributed by atoms with Crippen molar-refractivity contribution in [1.29, 1.82) is 0 Å². The number of phenols is 1. The van der Waals surface area contributed by atoms with Gasteiger partial charge in [-0.1, -0.05) is 12.1 Å². The number of carbonyl (C=O) groups excluding carboxylic acids is 1. The maximum atomic E-state index is 12.9. The van der Waals surface area contributed by atoms with Crippen LogP contribution in [0.2, 0.25) is 0 Å². The molecule has 3 rings (SSSR count). The van der Waals surface area contributed by atoms with Crippen molar-refractivity contribution in [3.05, 3.63) is 39.3 Å².